The van der Waals surface area contributed by atoms with Gasteiger partial charge in [-0.1, -0.05) is 32.4 Å². The molecule has 0 aliphatic carbocycles. The van der Waals surface area contributed by atoms with E-state index in [1.807, 2.05) is 6.92 Å². The molecular formula is C12H22O. The normalized spacial score (nSPS) is 16.8. The third-order valence-electron chi connectivity index (χ3n) is 2.23. The molecule has 0 saturated carbocycles. The molecule has 0 aromatic carbocycles. The van der Waals surface area contributed by atoms with Gasteiger partial charge < -0.3 is 4.79 Å². The minimum atomic E-state index is 0.212. The molecule has 0 N–H and O–H groups in total. The Balaban J connectivity index is 3.79. The Labute approximate surface area is 82.2 Å². The average molecular weight is 182 g/mol. The lowest BCUT2D eigenvalue weighted by Gasteiger charge is -2.13. The van der Waals surface area contributed by atoms with E-state index in [4.69, 9.17) is 0 Å². The molecule has 0 fully saturated rings. The first kappa shape index (κ1) is 12.4. The Hall–Kier alpha value is -0.590. The second-order valence-electron chi connectivity index (χ2n) is 4.12. The molecule has 0 heterocycles. The Kier molecular flexibility index (Phi) is 6.56. The van der Waals surface area contributed by atoms with E-state index < -0.39 is 0 Å². The molecule has 1 heteroatoms. The molecule has 0 aliphatic rings. The van der Waals surface area contributed by atoms with E-state index in [0.717, 1.165) is 25.5 Å². The van der Waals surface area contributed by atoms with E-state index in [2.05, 4.69) is 26.8 Å². The van der Waals surface area contributed by atoms with Crippen molar-refractivity contribution in [1.29, 1.82) is 0 Å². The van der Waals surface area contributed by atoms with Crippen LogP contribution in [-0.2, 0) is 4.79 Å². The molecule has 0 radical (unpaired) electrons. The van der Waals surface area contributed by atoms with Crippen molar-refractivity contribution in [2.24, 2.45) is 11.8 Å². The molecule has 0 rings (SSSR count). The van der Waals surface area contributed by atoms with Crippen LogP contribution in [0.4, 0.5) is 0 Å². The summed E-state index contributed by atoms with van der Waals surface area (Å²) in [6.45, 7) is 8.53. The zero-order valence-electron chi connectivity index (χ0n) is 9.34. The summed E-state index contributed by atoms with van der Waals surface area (Å²) < 4.78 is 0. The van der Waals surface area contributed by atoms with Gasteiger partial charge in [0.25, 0.3) is 0 Å². The van der Waals surface area contributed by atoms with Crippen molar-refractivity contribution < 1.29 is 4.79 Å². The largest absolute Gasteiger partial charge is 0.303 e. The van der Waals surface area contributed by atoms with E-state index in [1.165, 1.54) is 5.57 Å². The monoisotopic (exact) mass is 182 g/mol. The van der Waals surface area contributed by atoms with Crippen molar-refractivity contribution in [3.63, 3.8) is 0 Å². The maximum atomic E-state index is 10.4. The molecule has 2 atom stereocenters. The highest BCUT2D eigenvalue weighted by molar-refractivity contribution is 5.52. The number of allylic oxidation sites excluding steroid dienone is 2. The van der Waals surface area contributed by atoms with Crippen LogP contribution in [-0.4, -0.2) is 6.29 Å². The second-order valence-corrected chi connectivity index (χ2v) is 4.12. The number of carbonyl (C=O) groups excluding carboxylic acids is 1. The first-order chi connectivity index (χ1) is 6.10. The average Bonchev–Trinajstić information content (AvgIpc) is 2.04. The van der Waals surface area contributed by atoms with Crippen molar-refractivity contribution in [3.05, 3.63) is 11.6 Å². The van der Waals surface area contributed by atoms with Gasteiger partial charge in [-0.2, -0.15) is 0 Å². The van der Waals surface area contributed by atoms with Gasteiger partial charge in [0, 0.05) is 5.92 Å². The third kappa shape index (κ3) is 6.56. The van der Waals surface area contributed by atoms with Gasteiger partial charge in [0.05, 0.1) is 0 Å². The van der Waals surface area contributed by atoms with Gasteiger partial charge in [0.2, 0.25) is 0 Å². The van der Waals surface area contributed by atoms with Crippen LogP contribution in [0, 0.1) is 11.8 Å². The summed E-state index contributed by atoms with van der Waals surface area (Å²) in [4.78, 5) is 10.4. The number of hydrogen-bond acceptors (Lipinski definition) is 1. The minimum absolute atomic E-state index is 0.212. The first-order valence-corrected chi connectivity index (χ1v) is 5.21. The Morgan fingerprint density at radius 2 is 2.00 bits per heavy atom. The molecule has 0 aliphatic heterocycles. The molecule has 13 heavy (non-hydrogen) atoms. The highest BCUT2D eigenvalue weighted by atomic mass is 16.1. The van der Waals surface area contributed by atoms with Crippen LogP contribution in [0.1, 0.15) is 47.0 Å². The number of carbonyl (C=O) groups is 1. The standard InChI is InChI=1S/C12H22O/c1-5-6-10(2)7-11(3)8-12(4)9-13/h6,9,11-12H,5,7-8H2,1-4H3/b10-6+. The smallest absolute Gasteiger partial charge is 0.122 e. The number of aldehydes is 1. The van der Waals surface area contributed by atoms with Gasteiger partial charge in [-0.05, 0) is 32.1 Å². The van der Waals surface area contributed by atoms with Gasteiger partial charge in [0.15, 0.2) is 0 Å². The molecule has 0 amide bonds. The Morgan fingerprint density at radius 1 is 1.38 bits per heavy atom. The first-order valence-electron chi connectivity index (χ1n) is 5.21. The molecule has 0 aromatic rings. The maximum absolute atomic E-state index is 10.4. The second kappa shape index (κ2) is 6.88. The predicted octanol–water partition coefficient (Wildman–Crippen LogP) is 3.59. The van der Waals surface area contributed by atoms with Gasteiger partial charge in [-0.3, -0.25) is 0 Å². The molecule has 76 valence electrons. The molecule has 0 aromatic heterocycles. The SMILES string of the molecule is CC/C=C(\C)CC(C)CC(C)C=O. The summed E-state index contributed by atoms with van der Waals surface area (Å²) >= 11 is 0. The zero-order valence-corrected chi connectivity index (χ0v) is 9.34. The predicted molar refractivity (Wildman–Crippen MR) is 57.7 cm³/mol. The summed E-state index contributed by atoms with van der Waals surface area (Å²) in [6.07, 6.45) is 6.57. The van der Waals surface area contributed by atoms with E-state index >= 15 is 0 Å². The van der Waals surface area contributed by atoms with E-state index in [9.17, 15) is 4.79 Å². The van der Waals surface area contributed by atoms with Crippen LogP contribution in [0.2, 0.25) is 0 Å². The summed E-state index contributed by atoms with van der Waals surface area (Å²) in [7, 11) is 0. The van der Waals surface area contributed by atoms with E-state index in [0.29, 0.717) is 5.92 Å². The van der Waals surface area contributed by atoms with Gasteiger partial charge in [0.1, 0.15) is 6.29 Å². The zero-order chi connectivity index (χ0) is 10.3. The summed E-state index contributed by atoms with van der Waals surface area (Å²) in [5.41, 5.74) is 1.45. The number of hydrogen-bond donors (Lipinski definition) is 0. The fraction of sp³-hybridized carbons (Fsp3) is 0.750. The fourth-order valence-electron chi connectivity index (χ4n) is 1.76. The van der Waals surface area contributed by atoms with Crippen LogP contribution >= 0.6 is 0 Å². The summed E-state index contributed by atoms with van der Waals surface area (Å²) in [6, 6.07) is 0. The van der Waals surface area contributed by atoms with Crippen LogP contribution in [0.3, 0.4) is 0 Å². The molecule has 0 spiro atoms. The van der Waals surface area contributed by atoms with Gasteiger partial charge in [-0.25, -0.2) is 0 Å². The van der Waals surface area contributed by atoms with Crippen molar-refractivity contribution in [2.75, 3.05) is 0 Å². The quantitative estimate of drug-likeness (QED) is 0.453. The van der Waals surface area contributed by atoms with Crippen LogP contribution in [0.25, 0.3) is 0 Å². The fourth-order valence-corrected chi connectivity index (χ4v) is 1.76. The summed E-state index contributed by atoms with van der Waals surface area (Å²) in [5.74, 6) is 0.840. The van der Waals surface area contributed by atoms with Crippen molar-refractivity contribution in [2.45, 2.75) is 47.0 Å². The van der Waals surface area contributed by atoms with Crippen molar-refractivity contribution >= 4 is 6.29 Å². The van der Waals surface area contributed by atoms with Gasteiger partial charge in [-0.15, -0.1) is 0 Å². The van der Waals surface area contributed by atoms with Gasteiger partial charge >= 0.3 is 0 Å². The highest BCUT2D eigenvalue weighted by Crippen LogP contribution is 2.18. The Morgan fingerprint density at radius 3 is 2.46 bits per heavy atom. The van der Waals surface area contributed by atoms with Crippen molar-refractivity contribution in [1.82, 2.24) is 0 Å². The van der Waals surface area contributed by atoms with Crippen LogP contribution in [0.15, 0.2) is 11.6 Å². The topological polar surface area (TPSA) is 17.1 Å². The lowest BCUT2D eigenvalue weighted by Crippen LogP contribution is -2.04. The number of rotatable bonds is 6. The van der Waals surface area contributed by atoms with Crippen LogP contribution in [0.5, 0.6) is 0 Å². The van der Waals surface area contributed by atoms with Crippen molar-refractivity contribution in [3.8, 4) is 0 Å². The lowest BCUT2D eigenvalue weighted by atomic mass is 9.92. The molecular weight excluding hydrogens is 160 g/mol. The van der Waals surface area contributed by atoms with E-state index in [-0.39, 0.29) is 5.92 Å². The third-order valence-corrected chi connectivity index (χ3v) is 2.23. The molecule has 2 unspecified atom stereocenters. The van der Waals surface area contributed by atoms with E-state index in [1.54, 1.807) is 0 Å². The molecule has 0 saturated heterocycles. The summed E-state index contributed by atoms with van der Waals surface area (Å²) in [5, 5.41) is 0. The Bertz CT molecular complexity index is 170. The lowest BCUT2D eigenvalue weighted by molar-refractivity contribution is -0.111. The molecule has 1 nitrogen and oxygen atoms in total. The minimum Gasteiger partial charge on any atom is -0.303 e. The highest BCUT2D eigenvalue weighted by Gasteiger charge is 2.07. The maximum Gasteiger partial charge on any atom is 0.122 e. The molecule has 0 bridgehead atoms. The van der Waals surface area contributed by atoms with Crippen LogP contribution < -0.4 is 0 Å².